The summed E-state index contributed by atoms with van der Waals surface area (Å²) in [5, 5.41) is 6.10. The topological polar surface area (TPSA) is 139 Å². The monoisotopic (exact) mass is 470 g/mol. The summed E-state index contributed by atoms with van der Waals surface area (Å²) in [6.07, 6.45) is 1.19. The Hall–Kier alpha value is -3.96. The quantitative estimate of drug-likeness (QED) is 0.262. The van der Waals surface area contributed by atoms with Gasteiger partial charge in [0.15, 0.2) is 0 Å². The second-order valence-electron chi connectivity index (χ2n) is 6.83. The van der Waals surface area contributed by atoms with Crippen molar-refractivity contribution in [1.82, 2.24) is 10.1 Å². The third kappa shape index (κ3) is 6.76. The number of carbonyl (C=O) groups is 2. The maximum Gasteiger partial charge on any atom is 0.329 e. The molecule has 11 heteroatoms. The molecule has 0 bridgehead atoms. The van der Waals surface area contributed by atoms with Gasteiger partial charge in [-0.2, -0.15) is 5.10 Å². The molecular formula is C22H22N4O6S. The Bertz CT molecular complexity index is 1270. The summed E-state index contributed by atoms with van der Waals surface area (Å²) in [7, 11) is -2.20. The van der Waals surface area contributed by atoms with Gasteiger partial charge in [-0.1, -0.05) is 23.8 Å². The number of benzene rings is 2. The highest BCUT2D eigenvalue weighted by atomic mass is 32.2. The smallest absolute Gasteiger partial charge is 0.329 e. The molecular weight excluding hydrogens is 448 g/mol. The van der Waals surface area contributed by atoms with E-state index in [1.165, 1.54) is 25.5 Å². The summed E-state index contributed by atoms with van der Waals surface area (Å²) < 4.78 is 37.6. The highest BCUT2D eigenvalue weighted by Gasteiger charge is 2.15. The van der Waals surface area contributed by atoms with Crippen LogP contribution in [-0.2, 0) is 26.2 Å². The maximum atomic E-state index is 12.3. The van der Waals surface area contributed by atoms with Crippen molar-refractivity contribution in [3.63, 3.8) is 0 Å². The fourth-order valence-electron chi connectivity index (χ4n) is 2.62. The largest absolute Gasteiger partial charge is 0.497 e. The zero-order valence-corrected chi connectivity index (χ0v) is 18.7. The van der Waals surface area contributed by atoms with E-state index in [2.05, 4.69) is 20.6 Å². The fourth-order valence-corrected chi connectivity index (χ4v) is 3.61. The van der Waals surface area contributed by atoms with Gasteiger partial charge < -0.3 is 14.5 Å². The van der Waals surface area contributed by atoms with Crippen LogP contribution >= 0.6 is 0 Å². The number of hydrazone groups is 1. The van der Waals surface area contributed by atoms with Crippen LogP contribution < -0.4 is 20.2 Å². The second-order valence-corrected chi connectivity index (χ2v) is 8.59. The number of anilines is 1. The molecule has 172 valence electrons. The fraction of sp³-hybridized carbons (Fsp3) is 0.136. The van der Waals surface area contributed by atoms with E-state index in [9.17, 15) is 18.0 Å². The van der Waals surface area contributed by atoms with Gasteiger partial charge in [-0.3, -0.25) is 9.59 Å². The SMILES string of the molecule is COc1cccc(NC(=O)C(=O)N/N=C/c2ccc(CNS(=O)(=O)c3ccc(C)cc3)o2)c1. The van der Waals surface area contributed by atoms with Gasteiger partial charge >= 0.3 is 11.8 Å². The standard InChI is InChI=1S/C22H22N4O6S/c1-15-6-10-20(11-7-15)33(29,30)24-14-19-9-8-18(32-19)13-23-26-22(28)21(27)25-16-4-3-5-17(12-16)31-2/h3-13,24H,14H2,1-2H3,(H,25,27)(H,26,28)/b23-13+. The maximum absolute atomic E-state index is 12.3. The van der Waals surface area contributed by atoms with Gasteiger partial charge in [-0.15, -0.1) is 0 Å². The van der Waals surface area contributed by atoms with E-state index in [1.54, 1.807) is 48.5 Å². The molecule has 0 unspecified atom stereocenters. The lowest BCUT2D eigenvalue weighted by Crippen LogP contribution is -2.32. The number of furan rings is 1. The predicted octanol–water partition coefficient (Wildman–Crippen LogP) is 2.16. The molecule has 0 aliphatic heterocycles. The molecule has 0 aliphatic rings. The van der Waals surface area contributed by atoms with Crippen molar-refractivity contribution in [2.75, 3.05) is 12.4 Å². The number of nitrogens with zero attached hydrogens (tertiary/aromatic N) is 1. The molecule has 2 aromatic carbocycles. The minimum atomic E-state index is -3.69. The van der Waals surface area contributed by atoms with Crippen molar-refractivity contribution in [2.24, 2.45) is 5.10 Å². The summed E-state index contributed by atoms with van der Waals surface area (Å²) >= 11 is 0. The summed E-state index contributed by atoms with van der Waals surface area (Å²) in [6.45, 7) is 1.80. The molecule has 1 heterocycles. The third-order valence-electron chi connectivity index (χ3n) is 4.34. The first-order chi connectivity index (χ1) is 15.8. The average molecular weight is 471 g/mol. The Labute approximate surface area is 190 Å². The number of methoxy groups -OCH3 is 1. The molecule has 0 aliphatic carbocycles. The molecule has 3 rings (SSSR count). The van der Waals surface area contributed by atoms with Crippen LogP contribution in [0.1, 0.15) is 17.1 Å². The van der Waals surface area contributed by atoms with Crippen LogP contribution in [0.2, 0.25) is 0 Å². The van der Waals surface area contributed by atoms with E-state index in [4.69, 9.17) is 9.15 Å². The second kappa shape index (κ2) is 10.6. The van der Waals surface area contributed by atoms with Gasteiger partial charge in [-0.25, -0.2) is 18.6 Å². The zero-order valence-electron chi connectivity index (χ0n) is 17.9. The number of nitrogens with one attached hydrogen (secondary N) is 3. The number of hydrogen-bond donors (Lipinski definition) is 3. The lowest BCUT2D eigenvalue weighted by Gasteiger charge is -2.05. The number of aryl methyl sites for hydroxylation is 1. The highest BCUT2D eigenvalue weighted by molar-refractivity contribution is 7.89. The minimum absolute atomic E-state index is 0.0701. The minimum Gasteiger partial charge on any atom is -0.497 e. The van der Waals surface area contributed by atoms with Crippen molar-refractivity contribution >= 4 is 33.7 Å². The van der Waals surface area contributed by atoms with E-state index in [0.717, 1.165) is 5.56 Å². The van der Waals surface area contributed by atoms with Crippen molar-refractivity contribution < 1.29 is 27.2 Å². The number of ether oxygens (including phenoxy) is 1. The van der Waals surface area contributed by atoms with Gasteiger partial charge in [0.1, 0.15) is 17.3 Å². The van der Waals surface area contributed by atoms with Crippen molar-refractivity contribution in [2.45, 2.75) is 18.4 Å². The van der Waals surface area contributed by atoms with E-state index >= 15 is 0 Å². The van der Waals surface area contributed by atoms with Gasteiger partial charge in [0.2, 0.25) is 10.0 Å². The normalized spacial score (nSPS) is 11.3. The molecule has 0 saturated carbocycles. The Morgan fingerprint density at radius 2 is 1.82 bits per heavy atom. The molecule has 2 amide bonds. The van der Waals surface area contributed by atoms with Gasteiger partial charge in [-0.05, 0) is 43.3 Å². The van der Waals surface area contributed by atoms with Crippen LogP contribution in [0.5, 0.6) is 5.75 Å². The van der Waals surface area contributed by atoms with E-state index in [1.807, 2.05) is 6.92 Å². The Morgan fingerprint density at radius 3 is 2.55 bits per heavy atom. The lowest BCUT2D eigenvalue weighted by molar-refractivity contribution is -0.136. The summed E-state index contributed by atoms with van der Waals surface area (Å²) in [6, 6.07) is 16.1. The molecule has 0 saturated heterocycles. The zero-order chi connectivity index (χ0) is 23.8. The van der Waals surface area contributed by atoms with Crippen LogP contribution in [0.15, 0.2) is 75.1 Å². The molecule has 3 aromatic rings. The molecule has 33 heavy (non-hydrogen) atoms. The molecule has 0 fully saturated rings. The summed E-state index contributed by atoms with van der Waals surface area (Å²) in [4.78, 5) is 24.0. The van der Waals surface area contributed by atoms with Gasteiger partial charge in [0.25, 0.3) is 0 Å². The van der Waals surface area contributed by atoms with Gasteiger partial charge in [0.05, 0.1) is 24.8 Å². The summed E-state index contributed by atoms with van der Waals surface area (Å²) in [5.74, 6) is -0.763. The number of amides is 2. The molecule has 1 aromatic heterocycles. The number of carbonyl (C=O) groups excluding carboxylic acids is 2. The lowest BCUT2D eigenvalue weighted by atomic mass is 10.2. The van der Waals surface area contributed by atoms with Crippen LogP contribution in [0.3, 0.4) is 0 Å². The number of hydrogen-bond acceptors (Lipinski definition) is 7. The van der Waals surface area contributed by atoms with Crippen LogP contribution in [0, 0.1) is 6.92 Å². The van der Waals surface area contributed by atoms with E-state index in [0.29, 0.717) is 17.2 Å². The van der Waals surface area contributed by atoms with Crippen LogP contribution in [0.25, 0.3) is 0 Å². The Kier molecular flexibility index (Phi) is 7.59. The van der Waals surface area contributed by atoms with Crippen molar-refractivity contribution in [1.29, 1.82) is 0 Å². The van der Waals surface area contributed by atoms with Crippen LogP contribution in [-0.4, -0.2) is 33.6 Å². The molecule has 0 radical (unpaired) electrons. The predicted molar refractivity (Wildman–Crippen MR) is 121 cm³/mol. The van der Waals surface area contributed by atoms with Gasteiger partial charge in [0, 0.05) is 11.8 Å². The van der Waals surface area contributed by atoms with Crippen molar-refractivity contribution in [3.05, 3.63) is 77.7 Å². The molecule has 0 spiro atoms. The first-order valence-corrected chi connectivity index (χ1v) is 11.2. The molecule has 3 N–H and O–H groups in total. The van der Waals surface area contributed by atoms with E-state index < -0.39 is 21.8 Å². The highest BCUT2D eigenvalue weighted by Crippen LogP contribution is 2.16. The number of rotatable bonds is 8. The molecule has 10 nitrogen and oxygen atoms in total. The first kappa shape index (κ1) is 23.7. The number of sulfonamides is 1. The average Bonchev–Trinajstić information content (AvgIpc) is 3.26. The first-order valence-electron chi connectivity index (χ1n) is 9.70. The van der Waals surface area contributed by atoms with Crippen LogP contribution in [0.4, 0.5) is 5.69 Å². The Balaban J connectivity index is 1.50. The Morgan fingerprint density at radius 1 is 1.06 bits per heavy atom. The van der Waals surface area contributed by atoms with E-state index in [-0.39, 0.29) is 17.2 Å². The van der Waals surface area contributed by atoms with Crippen molar-refractivity contribution in [3.8, 4) is 5.75 Å². The third-order valence-corrected chi connectivity index (χ3v) is 5.76. The summed E-state index contributed by atoms with van der Waals surface area (Å²) in [5.41, 5.74) is 3.43. The molecule has 0 atom stereocenters.